The maximum atomic E-state index is 13.3. The molecule has 0 atom stereocenters. The lowest BCUT2D eigenvalue weighted by Gasteiger charge is -2.21. The van der Waals surface area contributed by atoms with Gasteiger partial charge in [0.05, 0.1) is 0 Å². The first-order valence-electron chi connectivity index (χ1n) is 9.12. The van der Waals surface area contributed by atoms with Crippen LogP contribution in [-0.4, -0.2) is 12.5 Å². The summed E-state index contributed by atoms with van der Waals surface area (Å²) in [6, 6.07) is 24.5. The van der Waals surface area contributed by atoms with Crippen LogP contribution in [0.5, 0.6) is 0 Å². The highest BCUT2D eigenvalue weighted by Gasteiger charge is 2.18. The van der Waals surface area contributed by atoms with Gasteiger partial charge in [-0.25, -0.2) is 0 Å². The van der Waals surface area contributed by atoms with E-state index < -0.39 is 0 Å². The molecule has 27 heavy (non-hydrogen) atoms. The predicted octanol–water partition coefficient (Wildman–Crippen LogP) is 6.54. The molecule has 1 aromatic heterocycles. The van der Waals surface area contributed by atoms with Crippen LogP contribution in [0, 0.1) is 6.92 Å². The van der Waals surface area contributed by atoms with Gasteiger partial charge in [-0.05, 0) is 60.7 Å². The Morgan fingerprint density at radius 2 is 1.70 bits per heavy atom. The van der Waals surface area contributed by atoms with Crippen LogP contribution in [-0.2, 0) is 0 Å². The summed E-state index contributed by atoms with van der Waals surface area (Å²) in [4.78, 5) is 15.1. The molecule has 0 saturated carbocycles. The zero-order valence-corrected chi connectivity index (χ0v) is 16.3. The van der Waals surface area contributed by atoms with E-state index >= 15 is 0 Å². The third kappa shape index (κ3) is 3.38. The first-order valence-corrected chi connectivity index (χ1v) is 10.0. The quantitative estimate of drug-likeness (QED) is 0.399. The van der Waals surface area contributed by atoms with E-state index in [-0.39, 0.29) is 5.91 Å². The van der Waals surface area contributed by atoms with Crippen molar-refractivity contribution in [2.45, 2.75) is 13.8 Å². The lowest BCUT2D eigenvalue weighted by molar-refractivity contribution is 0.0988. The van der Waals surface area contributed by atoms with Crippen molar-refractivity contribution >= 4 is 33.0 Å². The monoisotopic (exact) mass is 371 g/mol. The van der Waals surface area contributed by atoms with Crippen molar-refractivity contribution < 1.29 is 4.79 Å². The lowest BCUT2D eigenvalue weighted by Crippen LogP contribution is -2.30. The van der Waals surface area contributed by atoms with Gasteiger partial charge in [0.25, 0.3) is 5.91 Å². The molecule has 0 unspecified atom stereocenters. The van der Waals surface area contributed by atoms with E-state index in [0.717, 1.165) is 27.1 Å². The second kappa shape index (κ2) is 7.37. The zero-order valence-electron chi connectivity index (χ0n) is 15.5. The van der Waals surface area contributed by atoms with Gasteiger partial charge < -0.3 is 4.90 Å². The Hall–Kier alpha value is -2.91. The summed E-state index contributed by atoms with van der Waals surface area (Å²) in [5.74, 6) is 0.0346. The fraction of sp³-hybridized carbons (Fsp3) is 0.125. The van der Waals surface area contributed by atoms with Crippen molar-refractivity contribution in [1.82, 2.24) is 0 Å². The highest BCUT2D eigenvalue weighted by atomic mass is 32.1. The average Bonchev–Trinajstić information content (AvgIpc) is 3.18. The molecular weight excluding hydrogens is 350 g/mol. The van der Waals surface area contributed by atoms with Crippen LogP contribution < -0.4 is 4.90 Å². The maximum Gasteiger partial charge on any atom is 0.258 e. The second-order valence-electron chi connectivity index (χ2n) is 6.61. The number of nitrogens with zero attached hydrogens (tertiary/aromatic N) is 1. The van der Waals surface area contributed by atoms with E-state index in [2.05, 4.69) is 42.6 Å². The molecule has 0 radical (unpaired) electrons. The lowest BCUT2D eigenvalue weighted by atomic mass is 9.98. The van der Waals surface area contributed by atoms with Gasteiger partial charge in [-0.15, -0.1) is 11.3 Å². The average molecular weight is 372 g/mol. The first-order chi connectivity index (χ1) is 13.2. The molecule has 2 nitrogen and oxygen atoms in total. The number of hydrogen-bond donors (Lipinski definition) is 0. The molecule has 3 aromatic carbocycles. The largest absolute Gasteiger partial charge is 0.309 e. The second-order valence-corrected chi connectivity index (χ2v) is 7.55. The summed E-state index contributed by atoms with van der Waals surface area (Å²) in [6.07, 6.45) is 0. The van der Waals surface area contributed by atoms with Crippen molar-refractivity contribution in [3.8, 4) is 11.1 Å². The number of anilines is 1. The summed E-state index contributed by atoms with van der Waals surface area (Å²) in [6.45, 7) is 4.73. The van der Waals surface area contributed by atoms with Crippen LogP contribution in [0.2, 0.25) is 0 Å². The summed E-state index contributed by atoms with van der Waals surface area (Å²) in [5.41, 5.74) is 5.13. The van der Waals surface area contributed by atoms with Gasteiger partial charge >= 0.3 is 0 Å². The number of carbonyl (C=O) groups excluding carboxylic acids is 1. The number of hydrogen-bond acceptors (Lipinski definition) is 2. The predicted molar refractivity (Wildman–Crippen MR) is 116 cm³/mol. The van der Waals surface area contributed by atoms with Crippen molar-refractivity contribution in [3.63, 3.8) is 0 Å². The highest BCUT2D eigenvalue weighted by molar-refractivity contribution is 7.17. The van der Waals surface area contributed by atoms with Gasteiger partial charge in [-0.2, -0.15) is 0 Å². The SMILES string of the molecule is CCN(C(=O)c1cc(-c2ccc(C)cc2)c2ccsc2c1)c1ccccc1. The Labute approximate surface area is 163 Å². The minimum Gasteiger partial charge on any atom is -0.309 e. The van der Waals surface area contributed by atoms with Gasteiger partial charge in [0, 0.05) is 27.9 Å². The van der Waals surface area contributed by atoms with Gasteiger partial charge in [-0.1, -0.05) is 48.0 Å². The minimum absolute atomic E-state index is 0.0346. The van der Waals surface area contributed by atoms with Crippen LogP contribution in [0.25, 0.3) is 21.2 Å². The Kier molecular flexibility index (Phi) is 4.78. The van der Waals surface area contributed by atoms with E-state index in [1.54, 1.807) is 11.3 Å². The number of benzene rings is 3. The zero-order chi connectivity index (χ0) is 18.8. The van der Waals surface area contributed by atoms with Gasteiger partial charge in [0.15, 0.2) is 0 Å². The number of aryl methyl sites for hydroxylation is 1. The molecule has 4 aromatic rings. The molecule has 1 heterocycles. The third-order valence-corrected chi connectivity index (χ3v) is 5.67. The van der Waals surface area contributed by atoms with Crippen LogP contribution in [0.3, 0.4) is 0 Å². The van der Waals surface area contributed by atoms with Gasteiger partial charge in [0.1, 0.15) is 0 Å². The molecule has 0 bridgehead atoms. The Morgan fingerprint density at radius 1 is 0.963 bits per heavy atom. The minimum atomic E-state index is 0.0346. The van der Waals surface area contributed by atoms with E-state index in [4.69, 9.17) is 0 Å². The van der Waals surface area contributed by atoms with Crippen LogP contribution in [0.4, 0.5) is 5.69 Å². The number of fused-ring (bicyclic) bond motifs is 1. The van der Waals surface area contributed by atoms with Crippen molar-refractivity contribution in [3.05, 3.63) is 89.3 Å². The highest BCUT2D eigenvalue weighted by Crippen LogP contribution is 2.34. The normalized spacial score (nSPS) is 10.9. The molecular formula is C24H21NOS. The van der Waals surface area contributed by atoms with E-state index in [9.17, 15) is 4.79 Å². The molecule has 0 fully saturated rings. The molecule has 0 saturated heterocycles. The standard InChI is InChI=1S/C24H21NOS/c1-3-25(20-7-5-4-6-8-20)24(26)19-15-22(18-11-9-17(2)10-12-18)21-13-14-27-23(21)16-19/h4-16H,3H2,1-2H3. The van der Waals surface area contributed by atoms with Crippen LogP contribution in [0.1, 0.15) is 22.8 Å². The topological polar surface area (TPSA) is 20.3 Å². The van der Waals surface area contributed by atoms with Gasteiger partial charge in [0.2, 0.25) is 0 Å². The Bertz CT molecular complexity index is 1080. The molecule has 0 aliphatic carbocycles. The number of amides is 1. The first kappa shape index (κ1) is 17.5. The number of carbonyl (C=O) groups is 1. The van der Waals surface area contributed by atoms with Crippen LogP contribution >= 0.6 is 11.3 Å². The number of rotatable bonds is 4. The molecule has 0 aliphatic rings. The van der Waals surface area contributed by atoms with E-state index in [1.807, 2.05) is 54.3 Å². The third-order valence-electron chi connectivity index (χ3n) is 4.81. The molecule has 4 rings (SSSR count). The maximum absolute atomic E-state index is 13.3. The summed E-state index contributed by atoms with van der Waals surface area (Å²) in [7, 11) is 0. The molecule has 0 spiro atoms. The van der Waals surface area contributed by atoms with Gasteiger partial charge in [-0.3, -0.25) is 4.79 Å². The summed E-state index contributed by atoms with van der Waals surface area (Å²) in [5, 5.41) is 3.29. The Balaban J connectivity index is 1.82. The van der Waals surface area contributed by atoms with Crippen molar-refractivity contribution in [2.75, 3.05) is 11.4 Å². The number of para-hydroxylation sites is 1. The molecule has 1 amide bonds. The van der Waals surface area contributed by atoms with E-state index in [0.29, 0.717) is 6.54 Å². The van der Waals surface area contributed by atoms with Crippen molar-refractivity contribution in [2.24, 2.45) is 0 Å². The fourth-order valence-corrected chi connectivity index (χ4v) is 4.22. The van der Waals surface area contributed by atoms with Crippen LogP contribution in [0.15, 0.2) is 78.2 Å². The van der Waals surface area contributed by atoms with Crippen molar-refractivity contribution in [1.29, 1.82) is 0 Å². The molecule has 0 N–H and O–H groups in total. The molecule has 134 valence electrons. The smallest absolute Gasteiger partial charge is 0.258 e. The summed E-state index contributed by atoms with van der Waals surface area (Å²) < 4.78 is 1.14. The molecule has 3 heteroatoms. The summed E-state index contributed by atoms with van der Waals surface area (Å²) >= 11 is 1.68. The fourth-order valence-electron chi connectivity index (χ4n) is 3.37. The Morgan fingerprint density at radius 3 is 2.41 bits per heavy atom. The number of thiophene rings is 1. The molecule has 0 aliphatic heterocycles. The van der Waals surface area contributed by atoms with E-state index in [1.165, 1.54) is 10.9 Å².